The Morgan fingerprint density at radius 3 is 0.500 bits per heavy atom. The van der Waals surface area contributed by atoms with Crippen LogP contribution in [0.3, 0.4) is 0 Å². The number of rotatable bonds is 0. The average Bonchev–Trinajstić information content (AvgIpc) is 0. The van der Waals surface area contributed by atoms with Gasteiger partial charge < -0.3 is 50.9 Å². The van der Waals surface area contributed by atoms with Gasteiger partial charge in [0.25, 0.3) is 0 Å². The zero-order valence-electron chi connectivity index (χ0n) is 1.49. The summed E-state index contributed by atoms with van der Waals surface area (Å²) in [5, 5.41) is 0. The summed E-state index contributed by atoms with van der Waals surface area (Å²) < 4.78 is 0. The van der Waals surface area contributed by atoms with E-state index in [4.69, 9.17) is 0 Å². The van der Waals surface area contributed by atoms with Crippen LogP contribution < -0.4 is 50.9 Å². The van der Waals surface area contributed by atoms with Crippen LogP contribution in [0, 0.1) is 0 Å². The van der Waals surface area contributed by atoms with Crippen LogP contribution in [-0.4, -0.2) is 0 Å². The molecule has 0 aliphatic heterocycles. The first-order valence-corrected chi connectivity index (χ1v) is 0. The minimum atomic E-state index is 0. The molecule has 0 radical (unpaired) electrons. The maximum atomic E-state index is 0. The molecule has 0 nitrogen and oxygen atoms in total. The first-order valence-electron chi connectivity index (χ1n) is 0. The first-order chi connectivity index (χ1) is 0. The average molecular weight is 430 g/mol. The Morgan fingerprint density at radius 2 is 0.500 bits per heavy atom. The molecule has 0 aliphatic rings. The van der Waals surface area contributed by atoms with E-state index in [0.29, 0.717) is 0 Å². The van der Waals surface area contributed by atoms with Gasteiger partial charge in [-0.15, -0.1) is 0 Å². The van der Waals surface area contributed by atoms with Crippen molar-refractivity contribution < 1.29 is 70.7 Å². The van der Waals surface area contributed by atoms with Crippen molar-refractivity contribution in [2.45, 2.75) is 0 Å². The Morgan fingerprint density at radius 1 is 0.500 bits per heavy atom. The molecule has 0 rings (SSSR count). The predicted octanol–water partition coefficient (Wildman–Crippen LogP) is -8.99. The smallest absolute Gasteiger partial charge is 1.00 e. The maximum Gasteiger partial charge on any atom is 2.00 e. The fraction of sp³-hybridized carbons (Fsp3) is 0. The molecule has 0 bridgehead atoms. The quantitative estimate of drug-likeness (QED) is 0.359. The minimum Gasteiger partial charge on any atom is -1.00 e. The number of hydrogen-bond acceptors (Lipinski definition) is 0. The topological polar surface area (TPSA) is 0 Å². The van der Waals surface area contributed by atoms with E-state index in [-0.39, 0.29) is 70.7 Å². The second-order valence-corrected chi connectivity index (χ2v) is 0. The van der Waals surface area contributed by atoms with Gasteiger partial charge in [0, 0.05) is 0 Å². The normalized spacial score (nSPS) is 0. The molecule has 0 saturated carbocycles. The molecule has 0 unspecified atom stereocenters. The van der Waals surface area contributed by atoms with Crippen LogP contribution >= 0.6 is 0 Å². The van der Waals surface area contributed by atoms with Crippen molar-refractivity contribution in [3.05, 3.63) is 0 Å². The van der Waals surface area contributed by atoms with Crippen LogP contribution in [-0.2, 0) is 19.8 Å². The molecule has 4 heteroatoms. The van der Waals surface area contributed by atoms with Gasteiger partial charge in [-0.1, -0.05) is 0 Å². The van der Waals surface area contributed by atoms with Gasteiger partial charge in [-0.25, -0.2) is 0 Å². The monoisotopic (exact) mass is 429 g/mol. The molecule has 4 heavy (non-hydrogen) atoms. The summed E-state index contributed by atoms with van der Waals surface area (Å²) in [6.45, 7) is 0. The molecule has 0 spiro atoms. The third-order valence-electron chi connectivity index (χ3n) is 0. The Labute approximate surface area is 70.1 Å². The Balaban J connectivity index is 0. The number of hydrogen-bond donors (Lipinski definition) is 0. The van der Waals surface area contributed by atoms with E-state index in [2.05, 4.69) is 0 Å². The molecule has 0 aliphatic carbocycles. The molecule has 0 atom stereocenters. The van der Waals surface area contributed by atoms with Gasteiger partial charge in [-0.3, -0.25) is 0 Å². The second-order valence-electron chi connectivity index (χ2n) is 0. The van der Waals surface area contributed by atoms with Crippen molar-refractivity contribution in [2.24, 2.45) is 0 Å². The van der Waals surface area contributed by atoms with Crippen LogP contribution in [0.1, 0.15) is 0 Å². The SMILES string of the molecule is [Br-].[Br-].[Br-].[Os+2]. The molecule has 0 aromatic carbocycles. The van der Waals surface area contributed by atoms with Crippen LogP contribution in [0.4, 0.5) is 0 Å². The third-order valence-corrected chi connectivity index (χ3v) is 0. The largest absolute Gasteiger partial charge is 2.00 e. The van der Waals surface area contributed by atoms with Crippen molar-refractivity contribution >= 4 is 0 Å². The summed E-state index contributed by atoms with van der Waals surface area (Å²) in [4.78, 5) is 0. The molecular weight excluding hydrogens is 430 g/mol. The summed E-state index contributed by atoms with van der Waals surface area (Å²) >= 11 is 0. The fourth-order valence-corrected chi connectivity index (χ4v) is 0. The summed E-state index contributed by atoms with van der Waals surface area (Å²) in [6.07, 6.45) is 0. The zero-order chi connectivity index (χ0) is 0. The van der Waals surface area contributed by atoms with Crippen LogP contribution in [0.25, 0.3) is 0 Å². The van der Waals surface area contributed by atoms with Crippen molar-refractivity contribution in [3.63, 3.8) is 0 Å². The molecule has 0 N–H and O–H groups in total. The summed E-state index contributed by atoms with van der Waals surface area (Å²) in [7, 11) is 0. The molecule has 30 valence electrons. The van der Waals surface area contributed by atoms with E-state index in [1.165, 1.54) is 0 Å². The van der Waals surface area contributed by atoms with Crippen LogP contribution in [0.15, 0.2) is 0 Å². The van der Waals surface area contributed by atoms with Crippen LogP contribution in [0.5, 0.6) is 0 Å². The van der Waals surface area contributed by atoms with Gasteiger partial charge in [0.15, 0.2) is 0 Å². The molecule has 0 heterocycles. The van der Waals surface area contributed by atoms with Crippen molar-refractivity contribution in [3.8, 4) is 0 Å². The summed E-state index contributed by atoms with van der Waals surface area (Å²) in [5.41, 5.74) is 0. The van der Waals surface area contributed by atoms with Gasteiger partial charge in [0.1, 0.15) is 0 Å². The molecule has 0 aromatic rings. The standard InChI is InChI=1S/3BrH.Os/h3*1H;/q;;;+2/p-3. The third kappa shape index (κ3) is 8.95. The van der Waals surface area contributed by atoms with E-state index < -0.39 is 0 Å². The molecule has 0 amide bonds. The summed E-state index contributed by atoms with van der Waals surface area (Å²) in [6, 6.07) is 0. The van der Waals surface area contributed by atoms with E-state index in [1.807, 2.05) is 0 Å². The van der Waals surface area contributed by atoms with Gasteiger partial charge in [-0.2, -0.15) is 0 Å². The van der Waals surface area contributed by atoms with Gasteiger partial charge in [-0.05, 0) is 0 Å². The van der Waals surface area contributed by atoms with Crippen molar-refractivity contribution in [2.75, 3.05) is 0 Å². The van der Waals surface area contributed by atoms with E-state index in [0.717, 1.165) is 0 Å². The van der Waals surface area contributed by atoms with E-state index in [1.54, 1.807) is 0 Å². The molecular formula is Br3Os-. The number of halogens is 3. The molecule has 0 aromatic heterocycles. The van der Waals surface area contributed by atoms with Crippen molar-refractivity contribution in [1.29, 1.82) is 0 Å². The Bertz CT molecular complexity index is 3.25. The zero-order valence-corrected chi connectivity index (χ0v) is 8.79. The van der Waals surface area contributed by atoms with Gasteiger partial charge in [0.05, 0.1) is 0 Å². The molecule has 0 saturated heterocycles. The Kier molecular flexibility index (Phi) is 178. The maximum absolute atomic E-state index is 0. The second kappa shape index (κ2) is 19.6. The first kappa shape index (κ1) is 36.3. The van der Waals surface area contributed by atoms with E-state index >= 15 is 0 Å². The predicted molar refractivity (Wildman–Crippen MR) is 0 cm³/mol. The van der Waals surface area contributed by atoms with E-state index in [9.17, 15) is 0 Å². The summed E-state index contributed by atoms with van der Waals surface area (Å²) in [5.74, 6) is 0. The van der Waals surface area contributed by atoms with Crippen molar-refractivity contribution in [1.82, 2.24) is 0 Å². The fourth-order valence-electron chi connectivity index (χ4n) is 0. The minimum absolute atomic E-state index is 0. The molecule has 0 fully saturated rings. The van der Waals surface area contributed by atoms with Gasteiger partial charge in [0.2, 0.25) is 0 Å². The van der Waals surface area contributed by atoms with Gasteiger partial charge >= 0.3 is 19.8 Å². The van der Waals surface area contributed by atoms with Crippen LogP contribution in [0.2, 0.25) is 0 Å². The Hall–Kier alpha value is 2.08.